The van der Waals surface area contributed by atoms with Crippen molar-refractivity contribution in [2.75, 3.05) is 20.3 Å². The summed E-state index contributed by atoms with van der Waals surface area (Å²) >= 11 is 0. The summed E-state index contributed by atoms with van der Waals surface area (Å²) in [5, 5.41) is 11.5. The summed E-state index contributed by atoms with van der Waals surface area (Å²) in [6.45, 7) is 0.222. The fourth-order valence-corrected chi connectivity index (χ4v) is 2.41. The van der Waals surface area contributed by atoms with E-state index >= 15 is 0 Å². The van der Waals surface area contributed by atoms with Crippen LogP contribution in [-0.2, 0) is 14.3 Å². The lowest BCUT2D eigenvalue weighted by molar-refractivity contribution is -0.145. The molecule has 0 aromatic rings. The van der Waals surface area contributed by atoms with Crippen LogP contribution in [0.2, 0.25) is 0 Å². The highest BCUT2D eigenvalue weighted by Crippen LogP contribution is 2.35. The Morgan fingerprint density at radius 1 is 1.39 bits per heavy atom. The van der Waals surface area contributed by atoms with E-state index in [1.165, 1.54) is 7.11 Å². The number of amides is 1. The van der Waals surface area contributed by atoms with Crippen LogP contribution in [0, 0.1) is 5.41 Å². The molecule has 0 radical (unpaired) electrons. The minimum atomic E-state index is -1.09. The van der Waals surface area contributed by atoms with Crippen molar-refractivity contribution in [1.29, 1.82) is 0 Å². The van der Waals surface area contributed by atoms with Gasteiger partial charge in [0.05, 0.1) is 12.0 Å². The number of carboxylic acid groups (broad SMARTS) is 1. The number of methoxy groups -OCH3 is 1. The quantitative estimate of drug-likeness (QED) is 0.627. The van der Waals surface area contributed by atoms with Crippen LogP contribution in [0.1, 0.15) is 32.1 Å². The molecule has 6 heteroatoms. The average molecular weight is 258 g/mol. The molecule has 0 spiro atoms. The first-order valence-electron chi connectivity index (χ1n) is 6.28. The number of hydrogen-bond acceptors (Lipinski definition) is 4. The van der Waals surface area contributed by atoms with Crippen molar-refractivity contribution in [3.8, 4) is 0 Å². The van der Waals surface area contributed by atoms with Gasteiger partial charge >= 0.3 is 5.97 Å². The number of carbonyl (C=O) groups excluding carboxylic acids is 1. The van der Waals surface area contributed by atoms with Gasteiger partial charge in [-0.3, -0.25) is 4.79 Å². The maximum atomic E-state index is 12.2. The normalized spacial score (nSPS) is 20.1. The Morgan fingerprint density at radius 3 is 2.44 bits per heavy atom. The summed E-state index contributed by atoms with van der Waals surface area (Å²) in [6, 6.07) is -1.01. The zero-order chi connectivity index (χ0) is 13.6. The second-order valence-corrected chi connectivity index (χ2v) is 4.86. The van der Waals surface area contributed by atoms with Crippen molar-refractivity contribution in [3.63, 3.8) is 0 Å². The zero-order valence-electron chi connectivity index (χ0n) is 10.8. The number of carboxylic acids is 1. The molecule has 1 atom stereocenters. The molecule has 1 unspecified atom stereocenters. The van der Waals surface area contributed by atoms with Gasteiger partial charge in [0, 0.05) is 13.7 Å². The van der Waals surface area contributed by atoms with Gasteiger partial charge in [-0.25, -0.2) is 4.79 Å². The minimum absolute atomic E-state index is 0.0400. The molecule has 0 aromatic carbocycles. The largest absolute Gasteiger partial charge is 0.480 e. The smallest absolute Gasteiger partial charge is 0.328 e. The Labute approximate surface area is 107 Å². The summed E-state index contributed by atoms with van der Waals surface area (Å²) in [4.78, 5) is 23.2. The number of hydrogen-bond donors (Lipinski definition) is 3. The zero-order valence-corrected chi connectivity index (χ0v) is 10.8. The van der Waals surface area contributed by atoms with Gasteiger partial charge < -0.3 is 20.9 Å². The highest BCUT2D eigenvalue weighted by molar-refractivity contribution is 5.87. The predicted molar refractivity (Wildman–Crippen MR) is 66.0 cm³/mol. The highest BCUT2D eigenvalue weighted by atomic mass is 16.5. The van der Waals surface area contributed by atoms with Gasteiger partial charge in [0.1, 0.15) is 0 Å². The Kier molecular flexibility index (Phi) is 5.55. The Bertz CT molecular complexity index is 300. The molecule has 0 aliphatic heterocycles. The van der Waals surface area contributed by atoms with Gasteiger partial charge in [0.2, 0.25) is 5.91 Å². The van der Waals surface area contributed by atoms with Crippen LogP contribution in [0.15, 0.2) is 0 Å². The van der Waals surface area contributed by atoms with E-state index < -0.39 is 17.4 Å². The monoisotopic (exact) mass is 258 g/mol. The van der Waals surface area contributed by atoms with Crippen molar-refractivity contribution in [2.45, 2.75) is 38.1 Å². The molecule has 4 N–H and O–H groups in total. The maximum Gasteiger partial charge on any atom is 0.328 e. The van der Waals surface area contributed by atoms with Crippen molar-refractivity contribution >= 4 is 11.9 Å². The van der Waals surface area contributed by atoms with E-state index in [0.29, 0.717) is 0 Å². The first-order valence-corrected chi connectivity index (χ1v) is 6.28. The maximum absolute atomic E-state index is 12.2. The molecule has 104 valence electrons. The minimum Gasteiger partial charge on any atom is -0.480 e. The van der Waals surface area contributed by atoms with Crippen LogP contribution < -0.4 is 11.1 Å². The molecular formula is C12H22N2O4. The molecule has 0 aromatic heterocycles. The molecule has 1 aliphatic rings. The molecule has 0 heterocycles. The van der Waals surface area contributed by atoms with E-state index in [2.05, 4.69) is 5.32 Å². The second-order valence-electron chi connectivity index (χ2n) is 4.86. The summed E-state index contributed by atoms with van der Waals surface area (Å²) < 4.78 is 4.79. The van der Waals surface area contributed by atoms with Crippen LogP contribution in [-0.4, -0.2) is 43.3 Å². The SMILES string of the molecule is COCC(NC(=O)C1(CN)CCCCC1)C(=O)O. The lowest BCUT2D eigenvalue weighted by Gasteiger charge is -2.35. The number of rotatable bonds is 6. The molecule has 18 heavy (non-hydrogen) atoms. The predicted octanol–water partition coefficient (Wildman–Crippen LogP) is 0.111. The Morgan fingerprint density at radius 2 is 2.00 bits per heavy atom. The van der Waals surface area contributed by atoms with Gasteiger partial charge in [0.15, 0.2) is 6.04 Å². The third-order valence-corrected chi connectivity index (χ3v) is 3.62. The number of carbonyl (C=O) groups is 2. The molecule has 1 amide bonds. The molecule has 1 saturated carbocycles. The standard InChI is InChI=1S/C12H22N2O4/c1-18-7-9(10(15)16)14-11(17)12(8-13)5-3-2-4-6-12/h9H,2-8,13H2,1H3,(H,14,17)(H,15,16). The van der Waals surface area contributed by atoms with Gasteiger partial charge in [-0.1, -0.05) is 19.3 Å². The van der Waals surface area contributed by atoms with Gasteiger partial charge in [0.25, 0.3) is 0 Å². The lowest BCUT2D eigenvalue weighted by Crippen LogP contribution is -2.53. The summed E-state index contributed by atoms with van der Waals surface area (Å²) in [5.41, 5.74) is 5.13. The Balaban J connectivity index is 2.68. The van der Waals surface area contributed by atoms with Crippen LogP contribution >= 0.6 is 0 Å². The topological polar surface area (TPSA) is 102 Å². The average Bonchev–Trinajstić information content (AvgIpc) is 2.38. The fourth-order valence-electron chi connectivity index (χ4n) is 2.41. The van der Waals surface area contributed by atoms with E-state index in [1.54, 1.807) is 0 Å². The van der Waals surface area contributed by atoms with E-state index in [1.807, 2.05) is 0 Å². The summed E-state index contributed by atoms with van der Waals surface area (Å²) in [6.07, 6.45) is 4.50. The lowest BCUT2D eigenvalue weighted by atomic mass is 9.73. The van der Waals surface area contributed by atoms with Gasteiger partial charge in [-0.15, -0.1) is 0 Å². The van der Waals surface area contributed by atoms with Crippen LogP contribution in [0.3, 0.4) is 0 Å². The van der Waals surface area contributed by atoms with E-state index in [-0.39, 0.29) is 19.1 Å². The van der Waals surface area contributed by atoms with Crippen molar-refractivity contribution < 1.29 is 19.4 Å². The molecule has 1 rings (SSSR count). The van der Waals surface area contributed by atoms with Gasteiger partial charge in [-0.2, -0.15) is 0 Å². The third kappa shape index (κ3) is 3.43. The number of nitrogens with one attached hydrogen (secondary N) is 1. The van der Waals surface area contributed by atoms with Crippen molar-refractivity contribution in [3.05, 3.63) is 0 Å². The molecular weight excluding hydrogens is 236 g/mol. The Hall–Kier alpha value is -1.14. The number of ether oxygens (including phenoxy) is 1. The fraction of sp³-hybridized carbons (Fsp3) is 0.833. The molecule has 0 saturated heterocycles. The molecule has 1 fully saturated rings. The first kappa shape index (κ1) is 14.9. The molecule has 1 aliphatic carbocycles. The van der Waals surface area contributed by atoms with Crippen LogP contribution in [0.5, 0.6) is 0 Å². The van der Waals surface area contributed by atoms with Crippen LogP contribution in [0.25, 0.3) is 0 Å². The van der Waals surface area contributed by atoms with Crippen molar-refractivity contribution in [1.82, 2.24) is 5.32 Å². The first-order chi connectivity index (χ1) is 8.55. The third-order valence-electron chi connectivity index (χ3n) is 3.62. The molecule has 0 bridgehead atoms. The highest BCUT2D eigenvalue weighted by Gasteiger charge is 2.39. The van der Waals surface area contributed by atoms with E-state index in [4.69, 9.17) is 15.6 Å². The van der Waals surface area contributed by atoms with E-state index in [9.17, 15) is 9.59 Å². The molecule has 6 nitrogen and oxygen atoms in total. The van der Waals surface area contributed by atoms with E-state index in [0.717, 1.165) is 32.1 Å². The second kappa shape index (κ2) is 6.70. The summed E-state index contributed by atoms with van der Waals surface area (Å²) in [5.74, 6) is -1.35. The van der Waals surface area contributed by atoms with Crippen molar-refractivity contribution in [2.24, 2.45) is 11.1 Å². The summed E-state index contributed by atoms with van der Waals surface area (Å²) in [7, 11) is 1.40. The number of aliphatic carboxylic acids is 1. The van der Waals surface area contributed by atoms with Gasteiger partial charge in [-0.05, 0) is 12.8 Å². The number of nitrogens with two attached hydrogens (primary N) is 1. The van der Waals surface area contributed by atoms with Crippen LogP contribution in [0.4, 0.5) is 0 Å².